The molecule has 0 saturated heterocycles. The highest BCUT2D eigenvalue weighted by molar-refractivity contribution is 6.53. The molecule has 1 aliphatic rings. The normalized spacial score (nSPS) is 14.5. The van der Waals surface area contributed by atoms with Crippen LogP contribution in [0.2, 0.25) is 5.02 Å². The Hall–Kier alpha value is -2.30. The van der Waals surface area contributed by atoms with Crippen LogP contribution in [0.15, 0.2) is 47.1 Å². The van der Waals surface area contributed by atoms with Crippen LogP contribution >= 0.6 is 23.2 Å². The van der Waals surface area contributed by atoms with Crippen molar-refractivity contribution in [2.45, 2.75) is 20.8 Å². The summed E-state index contributed by atoms with van der Waals surface area (Å²) in [7, 11) is 0. The Kier molecular flexibility index (Phi) is 4.58. The Morgan fingerprint density at radius 3 is 2.36 bits per heavy atom. The number of rotatable bonds is 3. The molecular weight excluding hydrogens is 359 g/mol. The van der Waals surface area contributed by atoms with Gasteiger partial charge in [0.2, 0.25) is 0 Å². The molecule has 0 bridgehead atoms. The fourth-order valence-corrected chi connectivity index (χ4v) is 3.15. The van der Waals surface area contributed by atoms with Crippen molar-refractivity contribution in [2.75, 3.05) is 10.2 Å². The third-order valence-electron chi connectivity index (χ3n) is 4.15. The number of aryl methyl sites for hydroxylation is 2. The van der Waals surface area contributed by atoms with E-state index >= 15 is 0 Å². The third kappa shape index (κ3) is 3.03. The van der Waals surface area contributed by atoms with E-state index < -0.39 is 11.8 Å². The van der Waals surface area contributed by atoms with Gasteiger partial charge in [-0.3, -0.25) is 9.59 Å². The molecule has 1 N–H and O–H groups in total. The van der Waals surface area contributed by atoms with Crippen molar-refractivity contribution in [3.63, 3.8) is 0 Å². The van der Waals surface area contributed by atoms with Gasteiger partial charge in [-0.05, 0) is 50.1 Å². The second-order valence-corrected chi connectivity index (χ2v) is 6.75. The number of hydrogen-bond acceptors (Lipinski definition) is 3. The lowest BCUT2D eigenvalue weighted by molar-refractivity contribution is -0.120. The molecule has 1 heterocycles. The van der Waals surface area contributed by atoms with E-state index in [2.05, 4.69) is 5.32 Å². The summed E-state index contributed by atoms with van der Waals surface area (Å²) in [5.74, 6) is -1.03. The van der Waals surface area contributed by atoms with Crippen LogP contribution in [0.1, 0.15) is 16.7 Å². The Balaban J connectivity index is 1.98. The third-order valence-corrected chi connectivity index (χ3v) is 4.91. The second-order valence-electron chi connectivity index (χ2n) is 5.96. The van der Waals surface area contributed by atoms with E-state index in [-0.39, 0.29) is 10.7 Å². The van der Waals surface area contributed by atoms with Crippen LogP contribution in [-0.4, -0.2) is 11.8 Å². The van der Waals surface area contributed by atoms with E-state index in [1.54, 1.807) is 24.3 Å². The second kappa shape index (κ2) is 6.54. The van der Waals surface area contributed by atoms with Gasteiger partial charge >= 0.3 is 0 Å². The van der Waals surface area contributed by atoms with Crippen molar-refractivity contribution in [2.24, 2.45) is 0 Å². The van der Waals surface area contributed by atoms with Crippen molar-refractivity contribution in [3.8, 4) is 0 Å². The molecule has 0 spiro atoms. The van der Waals surface area contributed by atoms with E-state index in [4.69, 9.17) is 23.2 Å². The summed E-state index contributed by atoms with van der Waals surface area (Å²) in [5.41, 5.74) is 3.85. The lowest BCUT2D eigenvalue weighted by Gasteiger charge is -2.18. The molecule has 1 aliphatic heterocycles. The van der Waals surface area contributed by atoms with Gasteiger partial charge in [-0.25, -0.2) is 4.90 Å². The number of imide groups is 1. The standard InChI is InChI=1S/C19H16Cl2N2O2/c1-10-7-8-15(11(2)9-10)23-18(24)16(21)17(19(23)25)22-14-6-4-5-13(20)12(14)3/h4-9,22H,1-3H3. The van der Waals surface area contributed by atoms with Crippen molar-refractivity contribution >= 4 is 46.4 Å². The number of carbonyl (C=O) groups excluding carboxylic acids is 2. The molecule has 128 valence electrons. The molecule has 25 heavy (non-hydrogen) atoms. The summed E-state index contributed by atoms with van der Waals surface area (Å²) in [6.45, 7) is 5.62. The predicted molar refractivity (Wildman–Crippen MR) is 101 cm³/mol. The average molecular weight is 375 g/mol. The number of halogens is 2. The van der Waals surface area contributed by atoms with Gasteiger partial charge < -0.3 is 5.32 Å². The predicted octanol–water partition coefficient (Wildman–Crippen LogP) is 4.70. The Morgan fingerprint density at radius 2 is 1.68 bits per heavy atom. The quantitative estimate of drug-likeness (QED) is 0.791. The number of amides is 2. The first-order valence-electron chi connectivity index (χ1n) is 7.69. The van der Waals surface area contributed by atoms with Crippen molar-refractivity contribution < 1.29 is 9.59 Å². The Morgan fingerprint density at radius 1 is 0.960 bits per heavy atom. The summed E-state index contributed by atoms with van der Waals surface area (Å²) in [5, 5.41) is 3.39. The summed E-state index contributed by atoms with van der Waals surface area (Å²) in [6.07, 6.45) is 0. The maximum absolute atomic E-state index is 12.8. The molecule has 0 saturated carbocycles. The van der Waals surface area contributed by atoms with Crippen LogP contribution in [0.25, 0.3) is 0 Å². The fourth-order valence-electron chi connectivity index (χ4n) is 2.76. The van der Waals surface area contributed by atoms with Crippen LogP contribution in [-0.2, 0) is 9.59 Å². The molecule has 4 nitrogen and oxygen atoms in total. The van der Waals surface area contributed by atoms with Crippen LogP contribution in [0.4, 0.5) is 11.4 Å². The lowest BCUT2D eigenvalue weighted by Crippen LogP contribution is -2.32. The smallest absolute Gasteiger partial charge is 0.283 e. The van der Waals surface area contributed by atoms with E-state index in [0.29, 0.717) is 16.4 Å². The van der Waals surface area contributed by atoms with Crippen LogP contribution in [0.3, 0.4) is 0 Å². The maximum atomic E-state index is 12.8. The topological polar surface area (TPSA) is 49.4 Å². The van der Waals surface area contributed by atoms with E-state index in [9.17, 15) is 9.59 Å². The molecule has 0 aromatic heterocycles. The van der Waals surface area contributed by atoms with Gasteiger partial charge in [0.15, 0.2) is 0 Å². The summed E-state index contributed by atoms with van der Waals surface area (Å²) < 4.78 is 0. The zero-order chi connectivity index (χ0) is 18.3. The highest BCUT2D eigenvalue weighted by Gasteiger charge is 2.39. The largest absolute Gasteiger partial charge is 0.349 e. The number of benzene rings is 2. The van der Waals surface area contributed by atoms with E-state index in [1.807, 2.05) is 32.9 Å². The molecular formula is C19H16Cl2N2O2. The van der Waals surface area contributed by atoms with Crippen molar-refractivity contribution in [3.05, 3.63) is 68.8 Å². The minimum absolute atomic E-state index is 0.0528. The van der Waals surface area contributed by atoms with Crippen LogP contribution in [0.5, 0.6) is 0 Å². The molecule has 0 aliphatic carbocycles. The number of nitrogens with one attached hydrogen (secondary N) is 1. The molecule has 0 radical (unpaired) electrons. The summed E-state index contributed by atoms with van der Waals surface area (Å²) >= 11 is 12.3. The van der Waals surface area contributed by atoms with Crippen molar-refractivity contribution in [1.82, 2.24) is 0 Å². The van der Waals surface area contributed by atoms with Gasteiger partial charge in [0.25, 0.3) is 11.8 Å². The molecule has 0 atom stereocenters. The SMILES string of the molecule is Cc1ccc(N2C(=O)C(Cl)=C(Nc3cccc(Cl)c3C)C2=O)c(C)c1. The van der Waals surface area contributed by atoms with Gasteiger partial charge in [-0.2, -0.15) is 0 Å². The summed E-state index contributed by atoms with van der Waals surface area (Å²) in [6, 6.07) is 10.8. The molecule has 3 rings (SSSR count). The average Bonchev–Trinajstić information content (AvgIpc) is 2.76. The van der Waals surface area contributed by atoms with E-state index in [1.165, 1.54) is 0 Å². The zero-order valence-corrected chi connectivity index (χ0v) is 15.5. The molecule has 0 unspecified atom stereocenters. The lowest BCUT2D eigenvalue weighted by atomic mass is 10.1. The molecule has 2 aromatic carbocycles. The Bertz CT molecular complexity index is 935. The number of hydrogen-bond donors (Lipinski definition) is 1. The first kappa shape index (κ1) is 17.5. The molecule has 0 fully saturated rings. The number of carbonyl (C=O) groups is 2. The van der Waals surface area contributed by atoms with Crippen LogP contribution < -0.4 is 10.2 Å². The number of nitrogens with zero attached hydrogens (tertiary/aromatic N) is 1. The van der Waals surface area contributed by atoms with Gasteiger partial charge in [-0.15, -0.1) is 0 Å². The molecule has 6 heteroatoms. The van der Waals surface area contributed by atoms with Gasteiger partial charge in [0.05, 0.1) is 5.69 Å². The van der Waals surface area contributed by atoms with Crippen LogP contribution in [0, 0.1) is 20.8 Å². The zero-order valence-electron chi connectivity index (χ0n) is 14.0. The monoisotopic (exact) mass is 374 g/mol. The van der Waals surface area contributed by atoms with Gasteiger partial charge in [0.1, 0.15) is 10.7 Å². The molecule has 2 aromatic rings. The molecule has 2 amide bonds. The Labute approximate surface area is 156 Å². The number of anilines is 2. The highest BCUT2D eigenvalue weighted by atomic mass is 35.5. The highest BCUT2D eigenvalue weighted by Crippen LogP contribution is 2.33. The minimum atomic E-state index is -0.541. The maximum Gasteiger partial charge on any atom is 0.283 e. The fraction of sp³-hybridized carbons (Fsp3) is 0.158. The van der Waals surface area contributed by atoms with Gasteiger partial charge in [-0.1, -0.05) is 47.0 Å². The van der Waals surface area contributed by atoms with E-state index in [0.717, 1.165) is 21.6 Å². The first-order valence-corrected chi connectivity index (χ1v) is 8.45. The first-order chi connectivity index (χ1) is 11.8. The summed E-state index contributed by atoms with van der Waals surface area (Å²) in [4.78, 5) is 26.5. The van der Waals surface area contributed by atoms with Gasteiger partial charge in [0, 0.05) is 10.7 Å². The van der Waals surface area contributed by atoms with Crippen molar-refractivity contribution in [1.29, 1.82) is 0 Å². The minimum Gasteiger partial charge on any atom is -0.349 e.